The smallest absolute Gasteiger partial charge is 0.0465 e. The van der Waals surface area contributed by atoms with E-state index in [1.807, 2.05) is 26.0 Å². The van der Waals surface area contributed by atoms with Crippen LogP contribution in [0.5, 0.6) is 0 Å². The van der Waals surface area contributed by atoms with Crippen molar-refractivity contribution >= 4 is 0 Å². The molecule has 0 atom stereocenters. The Hall–Kier alpha value is -0.600. The van der Waals surface area contributed by atoms with Crippen molar-refractivity contribution in [3.63, 3.8) is 0 Å². The lowest BCUT2D eigenvalue weighted by Gasteiger charge is -2.00. The molecule has 0 saturated heterocycles. The van der Waals surface area contributed by atoms with Crippen LogP contribution in [0.15, 0.2) is 23.3 Å². The fourth-order valence-corrected chi connectivity index (χ4v) is 0.884. The average molecular weight is 170 g/mol. The Morgan fingerprint density at radius 3 is 1.50 bits per heavy atom. The molecule has 0 aliphatic rings. The van der Waals surface area contributed by atoms with Crippen LogP contribution in [-0.2, 0) is 0 Å². The number of allylic oxidation sites excluding steroid dienone is 2. The standard InChI is InChI=1S/C10H18O2/c1-9(5-3-7-11)10(2)6-4-8-12/h5-6,11-12H,3-4,7-8H2,1-2H3/b9-5+,10-6+. The van der Waals surface area contributed by atoms with E-state index in [-0.39, 0.29) is 13.2 Å². The molecule has 2 heteroatoms. The SMILES string of the molecule is CC(=C\CCO)/C(C)=C/CCO. The van der Waals surface area contributed by atoms with Crippen molar-refractivity contribution in [2.45, 2.75) is 26.7 Å². The number of hydrogen-bond donors (Lipinski definition) is 2. The van der Waals surface area contributed by atoms with Gasteiger partial charge in [-0.1, -0.05) is 23.3 Å². The van der Waals surface area contributed by atoms with Crippen LogP contribution < -0.4 is 0 Å². The third-order valence-electron chi connectivity index (χ3n) is 1.78. The summed E-state index contributed by atoms with van der Waals surface area (Å²) in [6.07, 6.45) is 5.42. The van der Waals surface area contributed by atoms with Crippen LogP contribution in [-0.4, -0.2) is 23.4 Å². The van der Waals surface area contributed by atoms with E-state index < -0.39 is 0 Å². The van der Waals surface area contributed by atoms with Crippen molar-refractivity contribution in [2.75, 3.05) is 13.2 Å². The molecule has 0 unspecified atom stereocenters. The molecular weight excluding hydrogens is 152 g/mol. The summed E-state index contributed by atoms with van der Waals surface area (Å²) in [4.78, 5) is 0. The van der Waals surface area contributed by atoms with Gasteiger partial charge in [0, 0.05) is 13.2 Å². The minimum Gasteiger partial charge on any atom is -0.396 e. The summed E-state index contributed by atoms with van der Waals surface area (Å²) in [7, 11) is 0. The Balaban J connectivity index is 3.98. The van der Waals surface area contributed by atoms with Crippen molar-refractivity contribution < 1.29 is 10.2 Å². The molecule has 0 fully saturated rings. The Bertz CT molecular complexity index is 149. The van der Waals surface area contributed by atoms with Crippen LogP contribution in [0.25, 0.3) is 0 Å². The lowest BCUT2D eigenvalue weighted by atomic mass is 10.1. The van der Waals surface area contributed by atoms with E-state index in [0.29, 0.717) is 12.8 Å². The largest absolute Gasteiger partial charge is 0.396 e. The first-order chi connectivity index (χ1) is 5.72. The van der Waals surface area contributed by atoms with Crippen molar-refractivity contribution in [1.29, 1.82) is 0 Å². The molecule has 0 spiro atoms. The molecule has 0 aromatic rings. The molecule has 0 heterocycles. The van der Waals surface area contributed by atoms with E-state index in [1.54, 1.807) is 0 Å². The molecule has 0 rings (SSSR count). The van der Waals surface area contributed by atoms with Gasteiger partial charge < -0.3 is 10.2 Å². The van der Waals surface area contributed by atoms with Gasteiger partial charge in [-0.15, -0.1) is 0 Å². The van der Waals surface area contributed by atoms with Crippen LogP contribution in [0.1, 0.15) is 26.7 Å². The van der Waals surface area contributed by atoms with Crippen LogP contribution in [0.3, 0.4) is 0 Å². The maximum atomic E-state index is 8.57. The van der Waals surface area contributed by atoms with Gasteiger partial charge in [-0.2, -0.15) is 0 Å². The van der Waals surface area contributed by atoms with E-state index in [1.165, 1.54) is 11.1 Å². The van der Waals surface area contributed by atoms with Gasteiger partial charge >= 0.3 is 0 Å². The van der Waals surface area contributed by atoms with Crippen LogP contribution >= 0.6 is 0 Å². The summed E-state index contributed by atoms with van der Waals surface area (Å²) in [5.41, 5.74) is 2.36. The van der Waals surface area contributed by atoms with Crippen LogP contribution in [0, 0.1) is 0 Å². The van der Waals surface area contributed by atoms with E-state index in [0.717, 1.165) is 0 Å². The summed E-state index contributed by atoms with van der Waals surface area (Å²) in [5.74, 6) is 0. The van der Waals surface area contributed by atoms with Crippen molar-refractivity contribution in [1.82, 2.24) is 0 Å². The maximum Gasteiger partial charge on any atom is 0.0465 e. The predicted molar refractivity (Wildman–Crippen MR) is 50.9 cm³/mol. The topological polar surface area (TPSA) is 40.5 Å². The van der Waals surface area contributed by atoms with Gasteiger partial charge in [0.25, 0.3) is 0 Å². The monoisotopic (exact) mass is 170 g/mol. The molecule has 0 radical (unpaired) electrons. The van der Waals surface area contributed by atoms with Crippen molar-refractivity contribution in [2.24, 2.45) is 0 Å². The number of aliphatic hydroxyl groups is 2. The van der Waals surface area contributed by atoms with Crippen LogP contribution in [0.2, 0.25) is 0 Å². The minimum absolute atomic E-state index is 0.199. The Morgan fingerprint density at radius 1 is 0.917 bits per heavy atom. The lowest BCUT2D eigenvalue weighted by molar-refractivity contribution is 0.301. The number of rotatable bonds is 5. The second kappa shape index (κ2) is 7.07. The van der Waals surface area contributed by atoms with Gasteiger partial charge in [0.15, 0.2) is 0 Å². The summed E-state index contributed by atoms with van der Waals surface area (Å²) in [6.45, 7) is 4.42. The van der Waals surface area contributed by atoms with Crippen molar-refractivity contribution in [3.05, 3.63) is 23.3 Å². The van der Waals surface area contributed by atoms with Gasteiger partial charge in [0.2, 0.25) is 0 Å². The Morgan fingerprint density at radius 2 is 1.25 bits per heavy atom. The van der Waals surface area contributed by atoms with Crippen molar-refractivity contribution in [3.8, 4) is 0 Å². The fourth-order valence-electron chi connectivity index (χ4n) is 0.884. The molecule has 0 amide bonds. The lowest BCUT2D eigenvalue weighted by Crippen LogP contribution is -1.85. The summed E-state index contributed by atoms with van der Waals surface area (Å²) < 4.78 is 0. The van der Waals surface area contributed by atoms with E-state index in [4.69, 9.17) is 10.2 Å². The number of hydrogen-bond acceptors (Lipinski definition) is 2. The molecule has 2 N–H and O–H groups in total. The van der Waals surface area contributed by atoms with Gasteiger partial charge in [0.05, 0.1) is 0 Å². The summed E-state index contributed by atoms with van der Waals surface area (Å²) >= 11 is 0. The molecule has 0 aromatic carbocycles. The highest BCUT2D eigenvalue weighted by Crippen LogP contribution is 2.09. The number of aliphatic hydroxyl groups excluding tert-OH is 2. The third-order valence-corrected chi connectivity index (χ3v) is 1.78. The Kier molecular flexibility index (Phi) is 6.72. The quantitative estimate of drug-likeness (QED) is 0.616. The third kappa shape index (κ3) is 5.10. The summed E-state index contributed by atoms with van der Waals surface area (Å²) in [6, 6.07) is 0. The molecule has 2 nitrogen and oxygen atoms in total. The molecule has 0 aromatic heterocycles. The first-order valence-corrected chi connectivity index (χ1v) is 4.28. The minimum atomic E-state index is 0.199. The predicted octanol–water partition coefficient (Wildman–Crippen LogP) is 1.64. The fraction of sp³-hybridized carbons (Fsp3) is 0.600. The van der Waals surface area contributed by atoms with Gasteiger partial charge in [-0.25, -0.2) is 0 Å². The Labute approximate surface area is 74.2 Å². The van der Waals surface area contributed by atoms with E-state index >= 15 is 0 Å². The van der Waals surface area contributed by atoms with Gasteiger partial charge in [0.1, 0.15) is 0 Å². The molecule has 12 heavy (non-hydrogen) atoms. The highest BCUT2D eigenvalue weighted by Gasteiger charge is 1.91. The average Bonchev–Trinajstić information content (AvgIpc) is 2.10. The summed E-state index contributed by atoms with van der Waals surface area (Å²) in [5, 5.41) is 17.1. The van der Waals surface area contributed by atoms with Crippen LogP contribution in [0.4, 0.5) is 0 Å². The normalized spacial score (nSPS) is 13.7. The first-order valence-electron chi connectivity index (χ1n) is 4.28. The van der Waals surface area contributed by atoms with Gasteiger partial charge in [-0.05, 0) is 26.7 Å². The molecule has 0 aliphatic heterocycles. The highest BCUT2D eigenvalue weighted by molar-refractivity contribution is 5.26. The van der Waals surface area contributed by atoms with Gasteiger partial charge in [-0.3, -0.25) is 0 Å². The second-order valence-corrected chi connectivity index (χ2v) is 2.80. The van der Waals surface area contributed by atoms with E-state index in [9.17, 15) is 0 Å². The first kappa shape index (κ1) is 11.4. The second-order valence-electron chi connectivity index (χ2n) is 2.80. The van der Waals surface area contributed by atoms with E-state index in [2.05, 4.69) is 0 Å². The molecular formula is C10H18O2. The molecule has 0 aliphatic carbocycles. The maximum absolute atomic E-state index is 8.57. The zero-order valence-electron chi connectivity index (χ0n) is 7.88. The zero-order chi connectivity index (χ0) is 9.40. The highest BCUT2D eigenvalue weighted by atomic mass is 16.3. The zero-order valence-corrected chi connectivity index (χ0v) is 7.88. The molecule has 0 bridgehead atoms. The molecule has 0 saturated carbocycles. The molecule has 70 valence electrons.